The van der Waals surface area contributed by atoms with E-state index in [9.17, 15) is 18.0 Å². The van der Waals surface area contributed by atoms with Crippen LogP contribution in [-0.2, 0) is 30.7 Å². The molecule has 1 aromatic carbocycles. The lowest BCUT2D eigenvalue weighted by molar-refractivity contribution is -0.144. The van der Waals surface area contributed by atoms with Gasteiger partial charge in [-0.3, -0.25) is 4.79 Å². The number of benzene rings is 1. The van der Waals surface area contributed by atoms with E-state index < -0.39 is 31.4 Å². The van der Waals surface area contributed by atoms with Gasteiger partial charge in [-0.25, -0.2) is 13.2 Å². The summed E-state index contributed by atoms with van der Waals surface area (Å²) in [4.78, 5) is 22.1. The van der Waals surface area contributed by atoms with Crippen LogP contribution >= 0.6 is 46.4 Å². The lowest BCUT2D eigenvalue weighted by atomic mass is 10.2. The van der Waals surface area contributed by atoms with Crippen LogP contribution in [0.1, 0.15) is 5.56 Å². The lowest BCUT2D eigenvalue weighted by Crippen LogP contribution is -2.37. The molecule has 6 nitrogen and oxygen atoms in total. The molecule has 1 rings (SSSR count). The summed E-state index contributed by atoms with van der Waals surface area (Å²) in [7, 11) is -3.31. The van der Waals surface area contributed by atoms with Crippen LogP contribution in [0.4, 0.5) is 0 Å². The van der Waals surface area contributed by atoms with Gasteiger partial charge in [0.15, 0.2) is 14.7 Å². The highest BCUT2D eigenvalue weighted by atomic mass is 35.5. The fourth-order valence-corrected chi connectivity index (χ4v) is 2.82. The first-order valence-electron chi connectivity index (χ1n) is 6.83. The first-order valence-corrected chi connectivity index (χ1v) is 10.5. The van der Waals surface area contributed by atoms with Crippen molar-refractivity contribution in [1.82, 2.24) is 4.90 Å². The zero-order valence-corrected chi connectivity index (χ0v) is 16.8. The molecule has 0 saturated heterocycles. The fourth-order valence-electron chi connectivity index (χ4n) is 1.79. The van der Waals surface area contributed by atoms with Gasteiger partial charge in [0.25, 0.3) is 5.91 Å². The van der Waals surface area contributed by atoms with E-state index in [1.54, 1.807) is 12.1 Å². The van der Waals surface area contributed by atoms with E-state index in [-0.39, 0.29) is 24.6 Å². The van der Waals surface area contributed by atoms with Gasteiger partial charge in [0, 0.05) is 12.8 Å². The molecule has 0 heterocycles. The van der Waals surface area contributed by atoms with Gasteiger partial charge in [0.2, 0.25) is 4.84 Å². The molecule has 0 atom stereocenters. The summed E-state index contributed by atoms with van der Waals surface area (Å²) in [6, 6.07) is 5.98. The molecule has 0 N–H and O–H groups in total. The molecular formula is C14H15Cl4NO5S. The molecule has 0 aromatic heterocycles. The van der Waals surface area contributed by atoms with E-state index in [0.717, 1.165) is 6.26 Å². The lowest BCUT2D eigenvalue weighted by Gasteiger charge is -2.23. The molecule has 0 aliphatic rings. The third-order valence-corrected chi connectivity index (χ3v) is 4.87. The van der Waals surface area contributed by atoms with Crippen molar-refractivity contribution in [2.45, 2.75) is 21.1 Å². The van der Waals surface area contributed by atoms with Crippen molar-refractivity contribution in [3.8, 4) is 0 Å². The van der Waals surface area contributed by atoms with E-state index in [0.29, 0.717) is 5.56 Å². The van der Waals surface area contributed by atoms with Crippen LogP contribution in [0.15, 0.2) is 29.2 Å². The second-order valence-electron chi connectivity index (χ2n) is 4.94. The Hall–Kier alpha value is -0.730. The number of hydrogen-bond donors (Lipinski definition) is 0. The standard InChI is InChI=1S/C14H15Cl4NO5S/c1-25(22,23)10-4-2-9(3-5-10)8-19(13(20)11(15)16)6-7-24-14(21)12(17)18/h2-5,11-12H,6-8H2,1H3. The summed E-state index contributed by atoms with van der Waals surface area (Å²) in [5, 5.41) is 0. The second-order valence-corrected chi connectivity index (χ2v) is 9.15. The Morgan fingerprint density at radius 2 is 1.64 bits per heavy atom. The SMILES string of the molecule is CS(=O)(=O)c1ccc(CN(CCOC(=O)C(Cl)Cl)C(=O)C(Cl)Cl)cc1. The normalized spacial score (nSPS) is 11.6. The van der Waals surface area contributed by atoms with Crippen LogP contribution in [0.2, 0.25) is 0 Å². The molecule has 0 aliphatic heterocycles. The number of halogens is 4. The van der Waals surface area contributed by atoms with Gasteiger partial charge < -0.3 is 9.64 Å². The van der Waals surface area contributed by atoms with Crippen LogP contribution in [0.3, 0.4) is 0 Å². The molecule has 25 heavy (non-hydrogen) atoms. The third-order valence-electron chi connectivity index (χ3n) is 3.01. The van der Waals surface area contributed by atoms with Crippen molar-refractivity contribution >= 4 is 68.1 Å². The smallest absolute Gasteiger partial charge is 0.339 e. The molecule has 0 saturated carbocycles. The maximum Gasteiger partial charge on any atom is 0.339 e. The number of sulfone groups is 1. The van der Waals surface area contributed by atoms with Crippen molar-refractivity contribution in [3.63, 3.8) is 0 Å². The monoisotopic (exact) mass is 449 g/mol. The highest BCUT2D eigenvalue weighted by Gasteiger charge is 2.22. The van der Waals surface area contributed by atoms with Gasteiger partial charge in [-0.2, -0.15) is 0 Å². The van der Waals surface area contributed by atoms with E-state index in [2.05, 4.69) is 0 Å². The predicted molar refractivity (Wildman–Crippen MR) is 96.9 cm³/mol. The Morgan fingerprint density at radius 1 is 1.08 bits per heavy atom. The number of rotatable bonds is 8. The Morgan fingerprint density at radius 3 is 2.08 bits per heavy atom. The van der Waals surface area contributed by atoms with Crippen LogP contribution < -0.4 is 0 Å². The maximum atomic E-state index is 12.1. The Kier molecular flexibility index (Phi) is 8.77. The second kappa shape index (κ2) is 9.83. The largest absolute Gasteiger partial charge is 0.462 e. The minimum Gasteiger partial charge on any atom is -0.462 e. The molecule has 0 fully saturated rings. The van der Waals surface area contributed by atoms with Gasteiger partial charge in [0.1, 0.15) is 6.61 Å². The van der Waals surface area contributed by atoms with E-state index in [1.165, 1.54) is 17.0 Å². The van der Waals surface area contributed by atoms with Crippen LogP contribution in [0.5, 0.6) is 0 Å². The number of alkyl halides is 4. The number of esters is 1. The topological polar surface area (TPSA) is 80.8 Å². The Bertz CT molecular complexity index is 706. The first-order chi connectivity index (χ1) is 11.5. The van der Waals surface area contributed by atoms with Crippen LogP contribution in [-0.4, -0.2) is 54.3 Å². The summed E-state index contributed by atoms with van der Waals surface area (Å²) < 4.78 is 27.7. The minimum atomic E-state index is -3.31. The number of carbonyl (C=O) groups is 2. The molecule has 0 unspecified atom stereocenters. The average Bonchev–Trinajstić information content (AvgIpc) is 2.52. The quantitative estimate of drug-likeness (QED) is 0.449. The van der Waals surface area contributed by atoms with Gasteiger partial charge in [-0.05, 0) is 17.7 Å². The molecule has 11 heteroatoms. The van der Waals surface area contributed by atoms with Gasteiger partial charge in [-0.1, -0.05) is 58.5 Å². The number of ether oxygens (including phenoxy) is 1. The van der Waals surface area contributed by atoms with Crippen molar-refractivity contribution < 1.29 is 22.7 Å². The highest BCUT2D eigenvalue weighted by molar-refractivity contribution is 7.90. The number of amides is 1. The maximum absolute atomic E-state index is 12.1. The summed E-state index contributed by atoms with van der Waals surface area (Å²) in [5.74, 6) is -1.42. The summed E-state index contributed by atoms with van der Waals surface area (Å²) in [6.45, 7) is -0.0428. The number of hydrogen-bond acceptors (Lipinski definition) is 5. The van der Waals surface area contributed by atoms with Gasteiger partial charge >= 0.3 is 5.97 Å². The third kappa shape index (κ3) is 7.58. The molecule has 0 radical (unpaired) electrons. The molecule has 0 aliphatic carbocycles. The summed E-state index contributed by atoms with van der Waals surface area (Å²) in [5.41, 5.74) is 0.647. The van der Waals surface area contributed by atoms with Crippen molar-refractivity contribution in [2.24, 2.45) is 0 Å². The molecule has 1 aromatic rings. The summed E-state index contributed by atoms with van der Waals surface area (Å²) >= 11 is 21.9. The number of carbonyl (C=O) groups excluding carboxylic acids is 2. The summed E-state index contributed by atoms with van der Waals surface area (Å²) in [6.07, 6.45) is 1.10. The Labute approximate surface area is 165 Å². The molecular weight excluding hydrogens is 436 g/mol. The molecule has 0 bridgehead atoms. The van der Waals surface area contributed by atoms with Crippen LogP contribution in [0.25, 0.3) is 0 Å². The Balaban J connectivity index is 2.80. The molecule has 140 valence electrons. The predicted octanol–water partition coefficient (Wildman–Crippen LogP) is 2.57. The van der Waals surface area contributed by atoms with E-state index >= 15 is 0 Å². The minimum absolute atomic E-state index is 0.00877. The van der Waals surface area contributed by atoms with Gasteiger partial charge in [0.05, 0.1) is 11.4 Å². The van der Waals surface area contributed by atoms with Crippen LogP contribution in [0, 0.1) is 0 Å². The molecule has 1 amide bonds. The van der Waals surface area contributed by atoms with E-state index in [1.807, 2.05) is 0 Å². The fraction of sp³-hybridized carbons (Fsp3) is 0.429. The molecule has 0 spiro atoms. The van der Waals surface area contributed by atoms with Gasteiger partial charge in [-0.15, -0.1) is 0 Å². The first kappa shape index (κ1) is 22.3. The zero-order valence-electron chi connectivity index (χ0n) is 13.0. The van der Waals surface area contributed by atoms with Crippen molar-refractivity contribution in [2.75, 3.05) is 19.4 Å². The van der Waals surface area contributed by atoms with Crippen molar-refractivity contribution in [1.29, 1.82) is 0 Å². The van der Waals surface area contributed by atoms with E-state index in [4.69, 9.17) is 51.1 Å². The highest BCUT2D eigenvalue weighted by Crippen LogP contribution is 2.15. The van der Waals surface area contributed by atoms with Crippen molar-refractivity contribution in [3.05, 3.63) is 29.8 Å². The number of nitrogens with zero attached hydrogens (tertiary/aromatic N) is 1. The average molecular weight is 451 g/mol. The zero-order chi connectivity index (χ0) is 19.2.